The van der Waals surface area contributed by atoms with E-state index in [-0.39, 0.29) is 25.9 Å². The molecule has 0 saturated heterocycles. The van der Waals surface area contributed by atoms with Crippen LogP contribution in [0.25, 0.3) is 42.7 Å². The topological polar surface area (TPSA) is 25.8 Å². The van der Waals surface area contributed by atoms with Crippen molar-refractivity contribution in [1.82, 2.24) is 9.97 Å². The number of nitrogens with zero attached hydrogens (tertiary/aromatic N) is 2. The largest absolute Gasteiger partial charge is 0.305 e. The molecule has 0 aliphatic rings. The van der Waals surface area contributed by atoms with Crippen LogP contribution in [0, 0.1) is 17.9 Å². The van der Waals surface area contributed by atoms with Gasteiger partial charge >= 0.3 is 0 Å². The zero-order chi connectivity index (χ0) is 30.9. The summed E-state index contributed by atoms with van der Waals surface area (Å²) in [5.74, 6) is -0.360. The molecule has 0 saturated carbocycles. The van der Waals surface area contributed by atoms with E-state index in [1.165, 1.54) is 16.8 Å². The fourth-order valence-corrected chi connectivity index (χ4v) is 7.78. The first-order chi connectivity index (χ1) is 20.3. The molecule has 2 nitrogen and oxygen atoms in total. The molecule has 0 fully saturated rings. The van der Waals surface area contributed by atoms with Crippen LogP contribution in [-0.2, 0) is 20.1 Å². The van der Waals surface area contributed by atoms with Crippen LogP contribution < -0.4 is 5.19 Å². The Morgan fingerprint density at radius 1 is 0.860 bits per heavy atom. The van der Waals surface area contributed by atoms with Gasteiger partial charge in [-0.15, -0.1) is 59.7 Å². The van der Waals surface area contributed by atoms with Crippen LogP contribution in [0.1, 0.15) is 52.0 Å². The van der Waals surface area contributed by atoms with Crippen LogP contribution in [0.2, 0.25) is 19.6 Å². The fraction of sp³-hybridized carbons (Fsp3) is 0.243. The van der Waals surface area contributed by atoms with Crippen molar-refractivity contribution < 1.29 is 25.9 Å². The van der Waals surface area contributed by atoms with Gasteiger partial charge in [-0.25, -0.2) is 4.39 Å². The van der Waals surface area contributed by atoms with Gasteiger partial charge in [-0.1, -0.05) is 76.0 Å². The molecule has 3 aromatic heterocycles. The minimum absolute atomic E-state index is 0. The van der Waals surface area contributed by atoms with Crippen LogP contribution in [0.3, 0.4) is 0 Å². The van der Waals surface area contributed by atoms with Crippen molar-refractivity contribution in [3.05, 3.63) is 114 Å². The summed E-state index contributed by atoms with van der Waals surface area (Å²) in [7, 11) is -1.50. The average molecular weight is 782 g/mol. The number of thiophene rings is 1. The predicted molar refractivity (Wildman–Crippen MR) is 181 cm³/mol. The predicted octanol–water partition coefficient (Wildman–Crippen LogP) is 10.4. The second-order valence-electron chi connectivity index (χ2n) is 12.1. The molecule has 0 amide bonds. The van der Waals surface area contributed by atoms with E-state index in [4.69, 9.17) is 1.37 Å². The van der Waals surface area contributed by atoms with Gasteiger partial charge < -0.3 is 9.97 Å². The molecule has 0 aliphatic heterocycles. The summed E-state index contributed by atoms with van der Waals surface area (Å²) in [5.41, 5.74) is 6.16. The van der Waals surface area contributed by atoms with E-state index >= 15 is 0 Å². The standard InChI is InChI=1S/C20H15FNS.C17H22NSi.Ir/c1-12(2)13-8-9-22-18(10-13)16-5-3-4-15-17-11-14(21)6-7-19(17)23-20(15)16;1-13(2)15-11-16(14-9-7-6-8-10-14)18-12-17(15)19(3,4)5;/h3-4,6-12H,1-2H3;6-9,11-13H,1-5H3;/q2*-1;/i;13D;. The molecule has 3 aromatic carbocycles. The summed E-state index contributed by atoms with van der Waals surface area (Å²) < 4.78 is 24.2. The Morgan fingerprint density at radius 2 is 1.65 bits per heavy atom. The van der Waals surface area contributed by atoms with Crippen LogP contribution in [0.5, 0.6) is 0 Å². The van der Waals surface area contributed by atoms with Crippen molar-refractivity contribution >= 4 is 44.8 Å². The molecule has 0 spiro atoms. The normalized spacial score (nSPS) is 12.1. The van der Waals surface area contributed by atoms with Gasteiger partial charge in [0.1, 0.15) is 5.82 Å². The van der Waals surface area contributed by atoms with E-state index in [1.54, 1.807) is 17.4 Å². The zero-order valence-electron chi connectivity index (χ0n) is 26.7. The molecule has 6 rings (SSSR count). The van der Waals surface area contributed by atoms with E-state index < -0.39 is 14.0 Å². The Hall–Kier alpha value is -3.02. The molecule has 3 heterocycles. The SMILES string of the molecule is CC(C)c1ccnc(-c2[c-]ccc3c2sc2ccc(F)cc23)c1.[2H]C(C)(C)c1cc(-c2[c-]cccc2)ncc1[Si](C)(C)C.[Ir]. The molecule has 0 N–H and O–H groups in total. The number of benzene rings is 3. The molecule has 0 unspecified atom stereocenters. The Balaban J connectivity index is 0.000000199. The van der Waals surface area contributed by atoms with Gasteiger partial charge in [-0.3, -0.25) is 0 Å². The van der Waals surface area contributed by atoms with Crippen LogP contribution >= 0.6 is 11.3 Å². The number of aromatic nitrogens is 2. The van der Waals surface area contributed by atoms with Crippen molar-refractivity contribution in [2.45, 2.75) is 59.1 Å². The number of hydrogen-bond donors (Lipinski definition) is 0. The van der Waals surface area contributed by atoms with Gasteiger partial charge in [-0.2, -0.15) is 11.3 Å². The Bertz CT molecular complexity index is 1890. The summed E-state index contributed by atoms with van der Waals surface area (Å²) in [6.45, 7) is 15.1. The molecular weight excluding hydrogens is 744 g/mol. The van der Waals surface area contributed by atoms with Crippen molar-refractivity contribution in [2.75, 3.05) is 0 Å². The first-order valence-electron chi connectivity index (χ1n) is 14.8. The summed E-state index contributed by atoms with van der Waals surface area (Å²) in [4.78, 5) is 9.14. The quantitative estimate of drug-likeness (QED) is 0.129. The van der Waals surface area contributed by atoms with Crippen molar-refractivity contribution in [3.63, 3.8) is 0 Å². The van der Waals surface area contributed by atoms with E-state index in [2.05, 4.69) is 73.8 Å². The summed E-state index contributed by atoms with van der Waals surface area (Å²) >= 11 is 1.67. The van der Waals surface area contributed by atoms with Gasteiger partial charge in [0.2, 0.25) is 0 Å². The van der Waals surface area contributed by atoms with Crippen LogP contribution in [0.4, 0.5) is 4.39 Å². The number of rotatable bonds is 5. The average Bonchev–Trinajstić information content (AvgIpc) is 3.35. The first-order valence-corrected chi connectivity index (χ1v) is 18.6. The molecule has 1 radical (unpaired) electrons. The third kappa shape index (κ3) is 7.38. The fourth-order valence-electron chi connectivity index (χ4n) is 5.01. The van der Waals surface area contributed by atoms with E-state index in [0.29, 0.717) is 5.92 Å². The molecule has 43 heavy (non-hydrogen) atoms. The third-order valence-electron chi connectivity index (χ3n) is 7.34. The second kappa shape index (κ2) is 13.7. The smallest absolute Gasteiger partial charge is 0.123 e. The zero-order valence-corrected chi connectivity index (χ0v) is 29.9. The van der Waals surface area contributed by atoms with Crippen molar-refractivity contribution in [2.24, 2.45) is 0 Å². The maximum Gasteiger partial charge on any atom is 0.123 e. The first kappa shape index (κ1) is 31.4. The van der Waals surface area contributed by atoms with Crippen molar-refractivity contribution in [1.29, 1.82) is 0 Å². The van der Waals surface area contributed by atoms with Gasteiger partial charge in [-0.05, 0) is 62.7 Å². The van der Waals surface area contributed by atoms with Crippen molar-refractivity contribution in [3.8, 4) is 22.5 Å². The van der Waals surface area contributed by atoms with E-state index in [0.717, 1.165) is 48.3 Å². The summed E-state index contributed by atoms with van der Waals surface area (Å²) in [5, 5.41) is 3.30. The molecular formula is C37H37FIrN2SSi-2. The maximum atomic E-state index is 13.6. The third-order valence-corrected chi connectivity index (χ3v) is 10.6. The van der Waals surface area contributed by atoms with E-state index in [9.17, 15) is 4.39 Å². The van der Waals surface area contributed by atoms with Gasteiger partial charge in [0.05, 0.1) is 8.07 Å². The molecule has 0 bridgehead atoms. The summed E-state index contributed by atoms with van der Waals surface area (Å²) in [6, 6.07) is 29.5. The maximum absolute atomic E-state index is 13.6. The van der Waals surface area contributed by atoms with Gasteiger partial charge in [0.15, 0.2) is 0 Å². The minimum Gasteiger partial charge on any atom is -0.305 e. The molecule has 223 valence electrons. The van der Waals surface area contributed by atoms with Crippen LogP contribution in [0.15, 0.2) is 85.2 Å². The number of halogens is 1. The minimum atomic E-state index is -1.50. The van der Waals surface area contributed by atoms with Gasteiger partial charge in [0.25, 0.3) is 0 Å². The second-order valence-corrected chi connectivity index (χ2v) is 18.2. The van der Waals surface area contributed by atoms with E-state index in [1.807, 2.05) is 68.7 Å². The molecule has 0 atom stereocenters. The molecule has 6 aromatic rings. The Morgan fingerprint density at radius 3 is 2.33 bits per heavy atom. The van der Waals surface area contributed by atoms with Crippen LogP contribution in [-0.4, -0.2) is 18.0 Å². The summed E-state index contributed by atoms with van der Waals surface area (Å²) in [6.07, 6.45) is 3.83. The molecule has 6 heteroatoms. The Kier molecular flexibility index (Phi) is 10.0. The Labute approximate surface area is 275 Å². The number of fused-ring (bicyclic) bond motifs is 3. The molecule has 0 aliphatic carbocycles. The number of hydrogen-bond acceptors (Lipinski definition) is 3. The van der Waals surface area contributed by atoms with Gasteiger partial charge in [0, 0.05) is 38.6 Å². The number of pyridine rings is 2. The monoisotopic (exact) mass is 782 g/mol.